The van der Waals surface area contributed by atoms with Gasteiger partial charge in [0.05, 0.1) is 17.8 Å². The molecule has 0 saturated carbocycles. The van der Waals surface area contributed by atoms with E-state index in [0.717, 1.165) is 27.0 Å². The Hall–Kier alpha value is -2.01. The smallest absolute Gasteiger partial charge is 0.138 e. The summed E-state index contributed by atoms with van der Waals surface area (Å²) in [6.07, 6.45) is 3.52. The van der Waals surface area contributed by atoms with Crippen molar-refractivity contribution in [3.8, 4) is 0 Å². The van der Waals surface area contributed by atoms with Gasteiger partial charge in [-0.25, -0.2) is 9.97 Å². The zero-order valence-corrected chi connectivity index (χ0v) is 13.4. The highest BCUT2D eigenvalue weighted by molar-refractivity contribution is 9.10. The van der Waals surface area contributed by atoms with Gasteiger partial charge in [0.2, 0.25) is 0 Å². The number of aryl methyl sites for hydroxylation is 1. The number of nitrogens with zero attached hydrogens (tertiary/aromatic N) is 3. The van der Waals surface area contributed by atoms with E-state index in [9.17, 15) is 0 Å². The molecule has 1 aromatic carbocycles. The molecule has 3 aromatic rings. The number of benzene rings is 1. The fourth-order valence-electron chi connectivity index (χ4n) is 2.27. The zero-order chi connectivity index (χ0) is 14.8. The molecule has 0 saturated heterocycles. The number of nitrogens with one attached hydrogen (secondary N) is 1. The van der Waals surface area contributed by atoms with Gasteiger partial charge in [-0.1, -0.05) is 28.1 Å². The fraction of sp³-hybridized carbons (Fsp3) is 0.188. The van der Waals surface area contributed by atoms with Gasteiger partial charge < -0.3 is 5.32 Å². The van der Waals surface area contributed by atoms with Crippen LogP contribution in [0.2, 0.25) is 0 Å². The van der Waals surface area contributed by atoms with E-state index in [4.69, 9.17) is 0 Å². The number of rotatable bonds is 3. The first kappa shape index (κ1) is 13.9. The van der Waals surface area contributed by atoms with Gasteiger partial charge >= 0.3 is 0 Å². The maximum absolute atomic E-state index is 4.53. The molecule has 0 unspecified atom stereocenters. The van der Waals surface area contributed by atoms with Crippen LogP contribution in [0.1, 0.15) is 24.4 Å². The average Bonchev–Trinajstić information content (AvgIpc) is 2.47. The molecule has 0 aliphatic heterocycles. The molecule has 0 spiro atoms. The summed E-state index contributed by atoms with van der Waals surface area (Å²) in [4.78, 5) is 13.1. The van der Waals surface area contributed by atoms with Gasteiger partial charge in [0.15, 0.2) is 0 Å². The van der Waals surface area contributed by atoms with E-state index >= 15 is 0 Å². The molecular weight excluding hydrogens is 328 g/mol. The lowest BCUT2D eigenvalue weighted by Crippen LogP contribution is -2.09. The maximum atomic E-state index is 4.53. The van der Waals surface area contributed by atoms with E-state index in [1.165, 1.54) is 5.56 Å². The van der Waals surface area contributed by atoms with Gasteiger partial charge in [-0.05, 0) is 37.6 Å². The summed E-state index contributed by atoms with van der Waals surface area (Å²) in [5, 5.41) is 4.45. The SMILES string of the molecule is Cc1nc(N[C@H](C)c2cccc(Br)c2)c2ccncc2n1. The quantitative estimate of drug-likeness (QED) is 0.772. The van der Waals surface area contributed by atoms with Gasteiger partial charge in [0.1, 0.15) is 11.6 Å². The molecule has 0 radical (unpaired) electrons. The van der Waals surface area contributed by atoms with E-state index in [1.807, 2.05) is 25.1 Å². The summed E-state index contributed by atoms with van der Waals surface area (Å²) in [6.45, 7) is 4.01. The van der Waals surface area contributed by atoms with Crippen LogP contribution < -0.4 is 5.32 Å². The lowest BCUT2D eigenvalue weighted by atomic mass is 10.1. The molecule has 4 nitrogen and oxygen atoms in total. The second-order valence-electron chi connectivity index (χ2n) is 4.93. The largest absolute Gasteiger partial charge is 0.363 e. The summed E-state index contributed by atoms with van der Waals surface area (Å²) in [5.74, 6) is 1.58. The molecule has 0 aliphatic rings. The third-order valence-corrected chi connectivity index (χ3v) is 3.81. The maximum Gasteiger partial charge on any atom is 0.138 e. The molecule has 1 N–H and O–H groups in total. The Morgan fingerprint density at radius 2 is 2.05 bits per heavy atom. The van der Waals surface area contributed by atoms with Crippen molar-refractivity contribution in [2.24, 2.45) is 0 Å². The van der Waals surface area contributed by atoms with E-state index in [1.54, 1.807) is 12.4 Å². The van der Waals surface area contributed by atoms with Crippen molar-refractivity contribution in [2.75, 3.05) is 5.32 Å². The van der Waals surface area contributed by atoms with Crippen LogP contribution in [0.4, 0.5) is 5.82 Å². The van der Waals surface area contributed by atoms with Crippen molar-refractivity contribution in [3.05, 3.63) is 58.6 Å². The predicted octanol–water partition coefficient (Wildman–Crippen LogP) is 4.27. The molecule has 106 valence electrons. The van der Waals surface area contributed by atoms with Crippen LogP contribution in [0.5, 0.6) is 0 Å². The van der Waals surface area contributed by atoms with Crippen molar-refractivity contribution in [1.82, 2.24) is 15.0 Å². The minimum absolute atomic E-state index is 0.146. The number of hydrogen-bond acceptors (Lipinski definition) is 4. The normalized spacial score (nSPS) is 12.3. The van der Waals surface area contributed by atoms with Crippen molar-refractivity contribution >= 4 is 32.7 Å². The molecule has 2 heterocycles. The third-order valence-electron chi connectivity index (χ3n) is 3.31. The minimum atomic E-state index is 0.146. The van der Waals surface area contributed by atoms with E-state index < -0.39 is 0 Å². The highest BCUT2D eigenvalue weighted by Crippen LogP contribution is 2.25. The Kier molecular flexibility index (Phi) is 3.84. The Labute approximate surface area is 131 Å². The second kappa shape index (κ2) is 5.77. The van der Waals surface area contributed by atoms with Crippen molar-refractivity contribution in [1.29, 1.82) is 0 Å². The summed E-state index contributed by atoms with van der Waals surface area (Å²) in [7, 11) is 0. The molecule has 3 rings (SSSR count). The topological polar surface area (TPSA) is 50.7 Å². The van der Waals surface area contributed by atoms with Crippen molar-refractivity contribution in [2.45, 2.75) is 19.9 Å². The molecule has 1 atom stereocenters. The van der Waals surface area contributed by atoms with Crippen LogP contribution in [-0.4, -0.2) is 15.0 Å². The molecule has 5 heteroatoms. The number of aromatic nitrogens is 3. The molecule has 2 aromatic heterocycles. The summed E-state index contributed by atoms with van der Waals surface area (Å²) in [6, 6.07) is 10.3. The average molecular weight is 343 g/mol. The zero-order valence-electron chi connectivity index (χ0n) is 11.8. The van der Waals surface area contributed by atoms with Crippen molar-refractivity contribution < 1.29 is 0 Å². The molecule has 0 aliphatic carbocycles. The lowest BCUT2D eigenvalue weighted by molar-refractivity contribution is 0.871. The number of fused-ring (bicyclic) bond motifs is 1. The molecular formula is C16H15BrN4. The van der Waals surface area contributed by atoms with Crippen LogP contribution in [0.3, 0.4) is 0 Å². The fourth-order valence-corrected chi connectivity index (χ4v) is 2.69. The van der Waals surface area contributed by atoms with Crippen molar-refractivity contribution in [3.63, 3.8) is 0 Å². The van der Waals surface area contributed by atoms with Gasteiger partial charge in [0, 0.05) is 16.1 Å². The summed E-state index contributed by atoms with van der Waals surface area (Å²) in [5.41, 5.74) is 2.05. The highest BCUT2D eigenvalue weighted by Gasteiger charge is 2.10. The number of anilines is 1. The van der Waals surface area contributed by atoms with Crippen LogP contribution in [0.25, 0.3) is 10.9 Å². The van der Waals surface area contributed by atoms with Gasteiger partial charge in [-0.3, -0.25) is 4.98 Å². The minimum Gasteiger partial charge on any atom is -0.363 e. The van der Waals surface area contributed by atoms with Gasteiger partial charge in [-0.15, -0.1) is 0 Å². The monoisotopic (exact) mass is 342 g/mol. The number of halogens is 1. The Balaban J connectivity index is 1.98. The molecule has 0 fully saturated rings. The summed E-state index contributed by atoms with van der Waals surface area (Å²) < 4.78 is 1.07. The Morgan fingerprint density at radius 3 is 2.86 bits per heavy atom. The third kappa shape index (κ3) is 3.03. The first-order valence-electron chi connectivity index (χ1n) is 6.74. The highest BCUT2D eigenvalue weighted by atomic mass is 79.9. The Bertz CT molecular complexity index is 788. The van der Waals surface area contributed by atoms with Crippen LogP contribution >= 0.6 is 15.9 Å². The number of pyridine rings is 1. The molecule has 21 heavy (non-hydrogen) atoms. The lowest BCUT2D eigenvalue weighted by Gasteiger charge is -2.17. The first-order chi connectivity index (χ1) is 10.1. The van der Waals surface area contributed by atoms with Crippen LogP contribution in [-0.2, 0) is 0 Å². The molecule has 0 amide bonds. The Morgan fingerprint density at radius 1 is 1.19 bits per heavy atom. The predicted molar refractivity (Wildman–Crippen MR) is 88.2 cm³/mol. The number of hydrogen-bond donors (Lipinski definition) is 1. The van der Waals surface area contributed by atoms with E-state index in [-0.39, 0.29) is 6.04 Å². The van der Waals surface area contributed by atoms with Crippen LogP contribution in [0, 0.1) is 6.92 Å². The first-order valence-corrected chi connectivity index (χ1v) is 7.53. The summed E-state index contributed by atoms with van der Waals surface area (Å²) >= 11 is 3.51. The van der Waals surface area contributed by atoms with E-state index in [0.29, 0.717) is 0 Å². The molecule has 0 bridgehead atoms. The van der Waals surface area contributed by atoms with Crippen LogP contribution in [0.15, 0.2) is 47.2 Å². The van der Waals surface area contributed by atoms with Gasteiger partial charge in [0.25, 0.3) is 0 Å². The second-order valence-corrected chi connectivity index (χ2v) is 5.85. The standard InChI is InChI=1S/C16H15BrN4/c1-10(12-4-3-5-13(17)8-12)19-16-14-6-7-18-9-15(14)20-11(2)21-16/h3-10H,1-2H3,(H,19,20,21)/t10-/m1/s1. The van der Waals surface area contributed by atoms with Gasteiger partial charge in [-0.2, -0.15) is 0 Å². The van der Waals surface area contributed by atoms with E-state index in [2.05, 4.69) is 55.3 Å².